The van der Waals surface area contributed by atoms with E-state index in [0.29, 0.717) is 33.9 Å². The van der Waals surface area contributed by atoms with Crippen LogP contribution in [-0.4, -0.2) is 23.2 Å². The molecule has 0 aromatic heterocycles. The van der Waals surface area contributed by atoms with Crippen molar-refractivity contribution in [3.8, 4) is 5.75 Å². The number of halogens is 1. The normalized spacial score (nSPS) is 17.9. The lowest BCUT2D eigenvalue weighted by Crippen LogP contribution is -2.61. The Bertz CT molecular complexity index is 1120. The van der Waals surface area contributed by atoms with Gasteiger partial charge in [-0.3, -0.25) is 24.6 Å². The minimum absolute atomic E-state index is 0.0722. The number of nitro groups is 1. The quantitative estimate of drug-likeness (QED) is 0.251. The van der Waals surface area contributed by atoms with Crippen molar-refractivity contribution in [3.05, 3.63) is 99.1 Å². The SMILES string of the molecule is O=Cc1ccc(O[C@H]2C(=O)N(c3ccc(Cl)cc3)[C@H]2c2cccc([N+](=O)[O-])c2)cc1. The minimum Gasteiger partial charge on any atom is -0.478 e. The standard InChI is InChI=1S/C22H15ClN2O5/c23-16-6-8-17(9-7-16)24-20(15-2-1-3-18(12-15)25(28)29)21(22(24)27)30-19-10-4-14(13-26)5-11-19/h1-13,20-21H/t20-,21+/m0/s1. The summed E-state index contributed by atoms with van der Waals surface area (Å²) in [7, 11) is 0. The summed E-state index contributed by atoms with van der Waals surface area (Å²) in [5.41, 5.74) is 1.60. The summed E-state index contributed by atoms with van der Waals surface area (Å²) in [6.45, 7) is 0. The monoisotopic (exact) mass is 422 g/mol. The van der Waals surface area contributed by atoms with Gasteiger partial charge in [0.15, 0.2) is 0 Å². The highest BCUT2D eigenvalue weighted by Crippen LogP contribution is 2.42. The lowest BCUT2D eigenvalue weighted by Gasteiger charge is -2.46. The minimum atomic E-state index is -0.871. The Kier molecular flexibility index (Phi) is 5.20. The van der Waals surface area contributed by atoms with E-state index in [1.54, 1.807) is 60.7 Å². The molecule has 0 saturated carbocycles. The number of rotatable bonds is 6. The van der Waals surface area contributed by atoms with Crippen LogP contribution >= 0.6 is 11.6 Å². The maximum atomic E-state index is 13.0. The van der Waals surface area contributed by atoms with Crippen LogP contribution in [0.5, 0.6) is 5.75 Å². The molecule has 150 valence electrons. The third kappa shape index (κ3) is 3.62. The van der Waals surface area contributed by atoms with Gasteiger partial charge in [0, 0.05) is 28.4 Å². The van der Waals surface area contributed by atoms with Crippen molar-refractivity contribution in [2.75, 3.05) is 4.90 Å². The fourth-order valence-corrected chi connectivity index (χ4v) is 3.51. The molecule has 0 N–H and O–H groups in total. The number of nitrogens with zero attached hydrogens (tertiary/aromatic N) is 2. The van der Waals surface area contributed by atoms with E-state index in [9.17, 15) is 19.7 Å². The van der Waals surface area contributed by atoms with Crippen LogP contribution in [0, 0.1) is 10.1 Å². The Morgan fingerprint density at radius 3 is 2.37 bits per heavy atom. The molecular formula is C22H15ClN2O5. The van der Waals surface area contributed by atoms with Crippen molar-refractivity contribution in [1.82, 2.24) is 0 Å². The highest BCUT2D eigenvalue weighted by atomic mass is 35.5. The van der Waals surface area contributed by atoms with Gasteiger partial charge in [-0.2, -0.15) is 0 Å². The maximum absolute atomic E-state index is 13.0. The number of hydrogen-bond acceptors (Lipinski definition) is 5. The third-order valence-corrected chi connectivity index (χ3v) is 5.10. The number of anilines is 1. The summed E-state index contributed by atoms with van der Waals surface area (Å²) in [4.78, 5) is 36.1. The Hall–Kier alpha value is -3.71. The van der Waals surface area contributed by atoms with E-state index in [-0.39, 0.29) is 11.6 Å². The summed E-state index contributed by atoms with van der Waals surface area (Å²) in [6, 6.07) is 18.7. The van der Waals surface area contributed by atoms with Gasteiger partial charge in [0.1, 0.15) is 18.1 Å². The lowest BCUT2D eigenvalue weighted by atomic mass is 9.89. The molecule has 1 aliphatic heterocycles. The van der Waals surface area contributed by atoms with Crippen LogP contribution in [0.3, 0.4) is 0 Å². The van der Waals surface area contributed by atoms with Crippen molar-refractivity contribution in [2.45, 2.75) is 12.1 Å². The Labute approximate surface area is 176 Å². The molecule has 0 unspecified atom stereocenters. The molecule has 1 aliphatic rings. The number of aldehydes is 1. The molecule has 3 aromatic carbocycles. The summed E-state index contributed by atoms with van der Waals surface area (Å²) >= 11 is 5.96. The molecule has 7 nitrogen and oxygen atoms in total. The number of non-ortho nitro benzene ring substituents is 1. The second-order valence-electron chi connectivity index (χ2n) is 6.71. The van der Waals surface area contributed by atoms with Crippen molar-refractivity contribution < 1.29 is 19.2 Å². The van der Waals surface area contributed by atoms with E-state index in [4.69, 9.17) is 16.3 Å². The fourth-order valence-electron chi connectivity index (χ4n) is 3.38. The molecular weight excluding hydrogens is 408 g/mol. The lowest BCUT2D eigenvalue weighted by molar-refractivity contribution is -0.384. The third-order valence-electron chi connectivity index (χ3n) is 4.85. The Morgan fingerprint density at radius 1 is 1.03 bits per heavy atom. The van der Waals surface area contributed by atoms with Gasteiger partial charge < -0.3 is 4.74 Å². The largest absolute Gasteiger partial charge is 0.478 e. The Morgan fingerprint density at radius 2 is 1.73 bits per heavy atom. The van der Waals surface area contributed by atoms with Gasteiger partial charge in [-0.1, -0.05) is 23.7 Å². The van der Waals surface area contributed by atoms with Crippen molar-refractivity contribution in [2.24, 2.45) is 0 Å². The molecule has 1 amide bonds. The van der Waals surface area contributed by atoms with Gasteiger partial charge in [0.2, 0.25) is 6.10 Å². The summed E-state index contributed by atoms with van der Waals surface area (Å²) in [5.74, 6) is 0.137. The van der Waals surface area contributed by atoms with Crippen LogP contribution in [0.25, 0.3) is 0 Å². The molecule has 0 bridgehead atoms. The highest BCUT2D eigenvalue weighted by Gasteiger charge is 2.51. The van der Waals surface area contributed by atoms with Crippen LogP contribution in [0.1, 0.15) is 22.0 Å². The maximum Gasteiger partial charge on any atom is 0.271 e. The number of benzene rings is 3. The number of carbonyl (C=O) groups excluding carboxylic acids is 2. The molecule has 1 fully saturated rings. The highest BCUT2D eigenvalue weighted by molar-refractivity contribution is 6.30. The van der Waals surface area contributed by atoms with Crippen molar-refractivity contribution in [1.29, 1.82) is 0 Å². The molecule has 8 heteroatoms. The van der Waals surface area contributed by atoms with E-state index in [1.807, 2.05) is 0 Å². The van der Waals surface area contributed by atoms with Gasteiger partial charge in [0.05, 0.1) is 4.92 Å². The second-order valence-corrected chi connectivity index (χ2v) is 7.14. The predicted molar refractivity (Wildman–Crippen MR) is 111 cm³/mol. The molecule has 0 spiro atoms. The smallest absolute Gasteiger partial charge is 0.271 e. The van der Waals surface area contributed by atoms with Gasteiger partial charge >= 0.3 is 0 Å². The average Bonchev–Trinajstić information content (AvgIpc) is 2.77. The Balaban J connectivity index is 1.70. The first-order valence-corrected chi connectivity index (χ1v) is 9.40. The van der Waals surface area contributed by atoms with E-state index in [2.05, 4.69) is 0 Å². The molecule has 1 heterocycles. The number of carbonyl (C=O) groups is 2. The van der Waals surface area contributed by atoms with E-state index in [0.717, 1.165) is 0 Å². The zero-order chi connectivity index (χ0) is 21.3. The summed E-state index contributed by atoms with van der Waals surface area (Å²) in [6.07, 6.45) is -0.156. The zero-order valence-corrected chi connectivity index (χ0v) is 16.2. The van der Waals surface area contributed by atoms with Crippen LogP contribution in [0.2, 0.25) is 5.02 Å². The van der Waals surface area contributed by atoms with Gasteiger partial charge in [-0.15, -0.1) is 0 Å². The van der Waals surface area contributed by atoms with Crippen LogP contribution in [0.4, 0.5) is 11.4 Å². The van der Waals surface area contributed by atoms with Crippen LogP contribution in [0.15, 0.2) is 72.8 Å². The molecule has 4 rings (SSSR count). The molecule has 3 aromatic rings. The molecule has 1 saturated heterocycles. The molecule has 30 heavy (non-hydrogen) atoms. The molecule has 0 radical (unpaired) electrons. The fraction of sp³-hybridized carbons (Fsp3) is 0.0909. The van der Waals surface area contributed by atoms with Gasteiger partial charge in [-0.25, -0.2) is 0 Å². The second kappa shape index (κ2) is 7.96. The van der Waals surface area contributed by atoms with E-state index < -0.39 is 17.1 Å². The average molecular weight is 423 g/mol. The number of amides is 1. The summed E-state index contributed by atoms with van der Waals surface area (Å²) < 4.78 is 5.90. The molecule has 2 atom stereocenters. The first kappa shape index (κ1) is 19.6. The van der Waals surface area contributed by atoms with E-state index >= 15 is 0 Å². The van der Waals surface area contributed by atoms with Gasteiger partial charge in [-0.05, 0) is 54.1 Å². The predicted octanol–water partition coefficient (Wildman–Crippen LogP) is 4.60. The van der Waals surface area contributed by atoms with Crippen LogP contribution < -0.4 is 9.64 Å². The summed E-state index contributed by atoms with van der Waals surface area (Å²) in [5, 5.41) is 11.7. The zero-order valence-electron chi connectivity index (χ0n) is 15.5. The first-order chi connectivity index (χ1) is 14.5. The number of nitro benzene ring substituents is 1. The number of ether oxygens (including phenoxy) is 1. The number of β-lactam (4-membered cyclic amide) rings is 1. The van der Waals surface area contributed by atoms with Crippen molar-refractivity contribution >= 4 is 35.2 Å². The van der Waals surface area contributed by atoms with Crippen molar-refractivity contribution in [3.63, 3.8) is 0 Å². The topological polar surface area (TPSA) is 89.8 Å². The molecule has 0 aliphatic carbocycles. The van der Waals surface area contributed by atoms with Gasteiger partial charge in [0.25, 0.3) is 11.6 Å². The van der Waals surface area contributed by atoms with E-state index in [1.165, 1.54) is 17.0 Å². The number of hydrogen-bond donors (Lipinski definition) is 0. The first-order valence-electron chi connectivity index (χ1n) is 9.03. The van der Waals surface area contributed by atoms with Crippen LogP contribution in [-0.2, 0) is 4.79 Å².